The third-order valence-corrected chi connectivity index (χ3v) is 5.40. The average molecular weight is 272 g/mol. The van der Waals surface area contributed by atoms with E-state index in [1.807, 2.05) is 0 Å². The largest absolute Gasteiger partial charge is 0.317 e. The molecule has 2 heterocycles. The van der Waals surface area contributed by atoms with E-state index in [1.54, 1.807) is 0 Å². The topological polar surface area (TPSA) is 15.3 Å². The van der Waals surface area contributed by atoms with Gasteiger partial charge in [-0.2, -0.15) is 0 Å². The van der Waals surface area contributed by atoms with Gasteiger partial charge in [0.2, 0.25) is 0 Å². The van der Waals surface area contributed by atoms with Gasteiger partial charge >= 0.3 is 0 Å². The average Bonchev–Trinajstić information content (AvgIpc) is 2.76. The summed E-state index contributed by atoms with van der Waals surface area (Å²) in [4.78, 5) is 2.84. The molecular weight excluding hydrogens is 244 g/mol. The highest BCUT2D eigenvalue weighted by molar-refractivity contribution is 5.15. The molecule has 1 aromatic rings. The van der Waals surface area contributed by atoms with Crippen molar-refractivity contribution >= 4 is 0 Å². The zero-order valence-electron chi connectivity index (χ0n) is 12.9. The Morgan fingerprint density at radius 3 is 2.40 bits per heavy atom. The number of hydrogen-bond acceptors (Lipinski definition) is 2. The van der Waals surface area contributed by atoms with Gasteiger partial charge in [0.05, 0.1) is 0 Å². The van der Waals surface area contributed by atoms with Crippen molar-refractivity contribution < 1.29 is 0 Å². The third-order valence-electron chi connectivity index (χ3n) is 5.40. The molecular formula is C18H28N2. The van der Waals surface area contributed by atoms with Crippen LogP contribution >= 0.6 is 0 Å². The second-order valence-corrected chi connectivity index (χ2v) is 6.66. The van der Waals surface area contributed by atoms with Gasteiger partial charge in [0.25, 0.3) is 0 Å². The van der Waals surface area contributed by atoms with Crippen molar-refractivity contribution in [1.29, 1.82) is 0 Å². The number of rotatable bonds is 5. The van der Waals surface area contributed by atoms with Crippen molar-refractivity contribution in [3.05, 3.63) is 35.9 Å². The smallest absolute Gasteiger partial charge is 0.0116 e. The lowest BCUT2D eigenvalue weighted by atomic mass is 9.94. The van der Waals surface area contributed by atoms with Gasteiger partial charge in [-0.3, -0.25) is 4.90 Å². The molecule has 20 heavy (non-hydrogen) atoms. The number of nitrogens with zero attached hydrogens (tertiary/aromatic N) is 1. The van der Waals surface area contributed by atoms with Crippen LogP contribution in [0.4, 0.5) is 0 Å². The molecule has 0 radical (unpaired) electrons. The van der Waals surface area contributed by atoms with Crippen LogP contribution in [0.3, 0.4) is 0 Å². The van der Waals surface area contributed by atoms with E-state index in [2.05, 4.69) is 54.5 Å². The lowest BCUT2D eigenvalue weighted by Gasteiger charge is -2.42. The molecule has 2 nitrogen and oxygen atoms in total. The molecule has 3 rings (SSSR count). The van der Waals surface area contributed by atoms with Crippen molar-refractivity contribution in [2.45, 2.75) is 69.6 Å². The molecule has 2 heteroatoms. The SMILES string of the molecule is CNC1CC2CCC(C1)N2C(C)CCc1ccccc1. The minimum Gasteiger partial charge on any atom is -0.317 e. The quantitative estimate of drug-likeness (QED) is 0.885. The number of fused-ring (bicyclic) bond motifs is 2. The fraction of sp³-hybridized carbons (Fsp3) is 0.667. The van der Waals surface area contributed by atoms with E-state index >= 15 is 0 Å². The molecule has 3 atom stereocenters. The Labute approximate surface area is 123 Å². The number of nitrogens with one attached hydrogen (secondary N) is 1. The Bertz CT molecular complexity index is 403. The first kappa shape index (κ1) is 14.1. The maximum Gasteiger partial charge on any atom is 0.0116 e. The molecule has 2 saturated heterocycles. The summed E-state index contributed by atoms with van der Waals surface area (Å²) in [5.74, 6) is 0. The highest BCUT2D eigenvalue weighted by Gasteiger charge is 2.41. The zero-order valence-corrected chi connectivity index (χ0v) is 12.9. The van der Waals surface area contributed by atoms with Crippen LogP contribution in [0.1, 0.15) is 44.6 Å². The van der Waals surface area contributed by atoms with E-state index in [0.29, 0.717) is 0 Å². The van der Waals surface area contributed by atoms with Gasteiger partial charge in [-0.1, -0.05) is 30.3 Å². The summed E-state index contributed by atoms with van der Waals surface area (Å²) in [7, 11) is 2.12. The Balaban J connectivity index is 1.57. The van der Waals surface area contributed by atoms with E-state index in [1.165, 1.54) is 44.1 Å². The maximum atomic E-state index is 3.50. The van der Waals surface area contributed by atoms with Crippen LogP contribution in [0, 0.1) is 0 Å². The van der Waals surface area contributed by atoms with Crippen molar-refractivity contribution in [1.82, 2.24) is 10.2 Å². The van der Waals surface area contributed by atoms with Crippen LogP contribution in [-0.2, 0) is 6.42 Å². The standard InChI is InChI=1S/C18H28N2/c1-14(8-9-15-6-4-3-5-7-15)20-17-10-11-18(20)13-16(12-17)19-2/h3-7,14,16-19H,8-13H2,1-2H3. The Morgan fingerprint density at radius 1 is 1.15 bits per heavy atom. The van der Waals surface area contributed by atoms with Crippen LogP contribution in [0.5, 0.6) is 0 Å². The molecule has 110 valence electrons. The van der Waals surface area contributed by atoms with E-state index in [4.69, 9.17) is 0 Å². The first-order valence-electron chi connectivity index (χ1n) is 8.26. The van der Waals surface area contributed by atoms with Crippen LogP contribution in [0.25, 0.3) is 0 Å². The van der Waals surface area contributed by atoms with Crippen LogP contribution < -0.4 is 5.32 Å². The molecule has 3 unspecified atom stereocenters. The number of hydrogen-bond donors (Lipinski definition) is 1. The normalized spacial score (nSPS) is 31.4. The van der Waals surface area contributed by atoms with E-state index < -0.39 is 0 Å². The lowest BCUT2D eigenvalue weighted by molar-refractivity contribution is 0.0752. The minimum absolute atomic E-state index is 0.727. The summed E-state index contributed by atoms with van der Waals surface area (Å²) in [5.41, 5.74) is 1.48. The lowest BCUT2D eigenvalue weighted by Crippen LogP contribution is -2.51. The molecule has 2 bridgehead atoms. The molecule has 0 saturated carbocycles. The van der Waals surface area contributed by atoms with Gasteiger partial charge in [0, 0.05) is 24.2 Å². The molecule has 1 aromatic carbocycles. The molecule has 0 aliphatic carbocycles. The van der Waals surface area contributed by atoms with E-state index in [9.17, 15) is 0 Å². The summed E-state index contributed by atoms with van der Waals surface area (Å²) >= 11 is 0. The second-order valence-electron chi connectivity index (χ2n) is 6.66. The molecule has 1 N–H and O–H groups in total. The summed E-state index contributed by atoms with van der Waals surface area (Å²) in [5, 5.41) is 3.50. The van der Waals surface area contributed by atoms with Gasteiger partial charge < -0.3 is 5.32 Å². The monoisotopic (exact) mass is 272 g/mol. The fourth-order valence-corrected chi connectivity index (χ4v) is 4.34. The Hall–Kier alpha value is -0.860. The first-order chi connectivity index (χ1) is 9.78. The number of piperidine rings is 1. The van der Waals surface area contributed by atoms with Gasteiger partial charge in [-0.15, -0.1) is 0 Å². The van der Waals surface area contributed by atoms with Crippen molar-refractivity contribution in [2.75, 3.05) is 7.05 Å². The Morgan fingerprint density at radius 2 is 1.80 bits per heavy atom. The number of benzene rings is 1. The van der Waals surface area contributed by atoms with Crippen molar-refractivity contribution in [3.63, 3.8) is 0 Å². The first-order valence-corrected chi connectivity index (χ1v) is 8.26. The van der Waals surface area contributed by atoms with Gasteiger partial charge in [0.15, 0.2) is 0 Å². The molecule has 0 amide bonds. The second kappa shape index (κ2) is 6.28. The minimum atomic E-state index is 0.727. The summed E-state index contributed by atoms with van der Waals surface area (Å²) in [6.07, 6.45) is 8.04. The van der Waals surface area contributed by atoms with E-state index in [0.717, 1.165) is 24.2 Å². The molecule has 0 spiro atoms. The summed E-state index contributed by atoms with van der Waals surface area (Å²) in [6.45, 7) is 2.44. The predicted octanol–water partition coefficient (Wildman–Crippen LogP) is 3.22. The maximum absolute atomic E-state index is 3.50. The molecule has 2 fully saturated rings. The summed E-state index contributed by atoms with van der Waals surface area (Å²) < 4.78 is 0. The number of aryl methyl sites for hydroxylation is 1. The Kier molecular flexibility index (Phi) is 4.42. The van der Waals surface area contributed by atoms with Crippen LogP contribution in [-0.4, -0.2) is 36.1 Å². The van der Waals surface area contributed by atoms with Gasteiger partial charge in [-0.25, -0.2) is 0 Å². The highest BCUT2D eigenvalue weighted by atomic mass is 15.2. The zero-order chi connectivity index (χ0) is 13.9. The molecule has 0 aromatic heterocycles. The van der Waals surface area contributed by atoms with Gasteiger partial charge in [-0.05, 0) is 58.1 Å². The van der Waals surface area contributed by atoms with Crippen LogP contribution in [0.2, 0.25) is 0 Å². The fourth-order valence-electron chi connectivity index (χ4n) is 4.34. The molecule has 2 aliphatic heterocycles. The van der Waals surface area contributed by atoms with Gasteiger partial charge in [0.1, 0.15) is 0 Å². The molecule has 2 aliphatic rings. The van der Waals surface area contributed by atoms with E-state index in [-0.39, 0.29) is 0 Å². The summed E-state index contributed by atoms with van der Waals surface area (Å²) in [6, 6.07) is 14.1. The predicted molar refractivity (Wildman–Crippen MR) is 85.0 cm³/mol. The highest BCUT2D eigenvalue weighted by Crippen LogP contribution is 2.37. The van der Waals surface area contributed by atoms with Crippen molar-refractivity contribution in [3.8, 4) is 0 Å². The van der Waals surface area contributed by atoms with Crippen LogP contribution in [0.15, 0.2) is 30.3 Å². The third kappa shape index (κ3) is 2.91. The van der Waals surface area contributed by atoms with Crippen molar-refractivity contribution in [2.24, 2.45) is 0 Å².